The van der Waals surface area contributed by atoms with E-state index >= 15 is 0 Å². The van der Waals surface area contributed by atoms with Gasteiger partial charge in [0.25, 0.3) is 0 Å². The van der Waals surface area contributed by atoms with E-state index in [-0.39, 0.29) is 5.41 Å². The van der Waals surface area contributed by atoms with Crippen LogP contribution in [0.1, 0.15) is 38.1 Å². The monoisotopic (exact) mass is 237 g/mol. The molecule has 1 aliphatic carbocycles. The first kappa shape index (κ1) is 12.6. The zero-order valence-electron chi connectivity index (χ0n) is 10.9. The molecule has 0 saturated heterocycles. The number of hydrogen-bond donors (Lipinski definition) is 2. The van der Waals surface area contributed by atoms with Crippen molar-refractivity contribution in [1.82, 2.24) is 15.1 Å². The van der Waals surface area contributed by atoms with Gasteiger partial charge in [0.05, 0.1) is 11.4 Å². The summed E-state index contributed by atoms with van der Waals surface area (Å²) in [6, 6.07) is 2.18. The maximum absolute atomic E-state index is 9.24. The highest BCUT2D eigenvalue weighted by Gasteiger charge is 2.41. The second kappa shape index (κ2) is 5.19. The van der Waals surface area contributed by atoms with Crippen LogP contribution >= 0.6 is 0 Å². The van der Waals surface area contributed by atoms with Crippen LogP contribution in [0.4, 0.5) is 0 Å². The Morgan fingerprint density at radius 1 is 1.47 bits per heavy atom. The first-order valence-corrected chi connectivity index (χ1v) is 6.60. The predicted molar refractivity (Wildman–Crippen MR) is 67.7 cm³/mol. The van der Waals surface area contributed by atoms with E-state index in [2.05, 4.69) is 35.0 Å². The van der Waals surface area contributed by atoms with Crippen molar-refractivity contribution in [1.29, 1.82) is 0 Å². The molecule has 1 aromatic heterocycles. The SMILES string of the molecule is CCc1cc(CNCC2(CO)CC2)n(CC)n1. The maximum atomic E-state index is 9.24. The Morgan fingerprint density at radius 3 is 2.76 bits per heavy atom. The summed E-state index contributed by atoms with van der Waals surface area (Å²) in [6.07, 6.45) is 3.30. The molecule has 0 aromatic carbocycles. The molecule has 2 rings (SSSR count). The Bertz CT molecular complexity index is 369. The summed E-state index contributed by atoms with van der Waals surface area (Å²) >= 11 is 0. The molecule has 1 fully saturated rings. The Hall–Kier alpha value is -0.870. The lowest BCUT2D eigenvalue weighted by Crippen LogP contribution is -2.27. The standard InChI is InChI=1S/C13H23N3O/c1-3-11-7-12(16(4-2)15-11)8-14-9-13(10-17)5-6-13/h7,14,17H,3-6,8-10H2,1-2H3. The summed E-state index contributed by atoms with van der Waals surface area (Å²) in [7, 11) is 0. The fourth-order valence-electron chi connectivity index (χ4n) is 2.13. The van der Waals surface area contributed by atoms with Crippen LogP contribution in [0.25, 0.3) is 0 Å². The van der Waals surface area contributed by atoms with Crippen molar-refractivity contribution in [2.24, 2.45) is 5.41 Å². The van der Waals surface area contributed by atoms with E-state index in [1.807, 2.05) is 0 Å². The molecular weight excluding hydrogens is 214 g/mol. The Morgan fingerprint density at radius 2 is 2.24 bits per heavy atom. The number of aliphatic hydroxyl groups is 1. The molecule has 1 aliphatic rings. The highest BCUT2D eigenvalue weighted by Crippen LogP contribution is 2.44. The molecule has 96 valence electrons. The molecule has 0 radical (unpaired) electrons. The van der Waals surface area contributed by atoms with Gasteiger partial charge in [0, 0.05) is 31.7 Å². The summed E-state index contributed by atoms with van der Waals surface area (Å²) < 4.78 is 2.06. The summed E-state index contributed by atoms with van der Waals surface area (Å²) in [6.45, 7) is 7.24. The zero-order chi connectivity index (χ0) is 12.3. The van der Waals surface area contributed by atoms with Gasteiger partial charge in [0.2, 0.25) is 0 Å². The first-order valence-electron chi connectivity index (χ1n) is 6.60. The molecule has 0 aliphatic heterocycles. The van der Waals surface area contributed by atoms with Crippen LogP contribution in [-0.4, -0.2) is 28.0 Å². The van der Waals surface area contributed by atoms with Gasteiger partial charge >= 0.3 is 0 Å². The van der Waals surface area contributed by atoms with Crippen LogP contribution in [0.5, 0.6) is 0 Å². The van der Waals surface area contributed by atoms with E-state index < -0.39 is 0 Å². The van der Waals surface area contributed by atoms with E-state index in [1.165, 1.54) is 5.69 Å². The van der Waals surface area contributed by atoms with Gasteiger partial charge in [-0.3, -0.25) is 4.68 Å². The average molecular weight is 237 g/mol. The third-order valence-electron chi connectivity index (χ3n) is 3.67. The van der Waals surface area contributed by atoms with Crippen molar-refractivity contribution in [3.8, 4) is 0 Å². The lowest BCUT2D eigenvalue weighted by Gasteiger charge is -2.12. The number of nitrogens with zero attached hydrogens (tertiary/aromatic N) is 2. The molecular formula is C13H23N3O. The summed E-state index contributed by atoms with van der Waals surface area (Å²) in [4.78, 5) is 0. The van der Waals surface area contributed by atoms with E-state index in [4.69, 9.17) is 0 Å². The molecule has 0 bridgehead atoms. The fraction of sp³-hybridized carbons (Fsp3) is 0.769. The van der Waals surface area contributed by atoms with Gasteiger partial charge < -0.3 is 10.4 Å². The number of rotatable bonds is 7. The normalized spacial score (nSPS) is 17.4. The first-order chi connectivity index (χ1) is 8.23. The number of hydrogen-bond acceptors (Lipinski definition) is 3. The van der Waals surface area contributed by atoms with E-state index in [1.54, 1.807) is 0 Å². The molecule has 4 nitrogen and oxygen atoms in total. The number of aromatic nitrogens is 2. The highest BCUT2D eigenvalue weighted by atomic mass is 16.3. The third kappa shape index (κ3) is 2.87. The van der Waals surface area contributed by atoms with Crippen LogP contribution in [-0.2, 0) is 19.5 Å². The fourth-order valence-corrected chi connectivity index (χ4v) is 2.13. The van der Waals surface area contributed by atoms with Crippen molar-refractivity contribution in [2.75, 3.05) is 13.2 Å². The Balaban J connectivity index is 1.87. The summed E-state index contributed by atoms with van der Waals surface area (Å²) in [5.74, 6) is 0. The van der Waals surface area contributed by atoms with Gasteiger partial charge in [-0.25, -0.2) is 0 Å². The molecule has 1 saturated carbocycles. The molecule has 2 N–H and O–H groups in total. The van der Waals surface area contributed by atoms with Gasteiger partial charge in [-0.2, -0.15) is 5.10 Å². The number of aliphatic hydroxyl groups excluding tert-OH is 1. The lowest BCUT2D eigenvalue weighted by atomic mass is 10.1. The molecule has 0 amide bonds. The van der Waals surface area contributed by atoms with Crippen molar-refractivity contribution < 1.29 is 5.11 Å². The van der Waals surface area contributed by atoms with Crippen molar-refractivity contribution in [3.05, 3.63) is 17.5 Å². The zero-order valence-corrected chi connectivity index (χ0v) is 10.9. The quantitative estimate of drug-likeness (QED) is 0.752. The lowest BCUT2D eigenvalue weighted by molar-refractivity contribution is 0.207. The summed E-state index contributed by atoms with van der Waals surface area (Å²) in [5.41, 5.74) is 2.59. The van der Waals surface area contributed by atoms with Gasteiger partial charge in [-0.1, -0.05) is 6.92 Å². The third-order valence-corrected chi connectivity index (χ3v) is 3.67. The van der Waals surface area contributed by atoms with Crippen molar-refractivity contribution >= 4 is 0 Å². The predicted octanol–water partition coefficient (Wildman–Crippen LogP) is 1.33. The van der Waals surface area contributed by atoms with Crippen LogP contribution in [0.3, 0.4) is 0 Å². The van der Waals surface area contributed by atoms with Crippen LogP contribution in [0, 0.1) is 5.41 Å². The van der Waals surface area contributed by atoms with Gasteiger partial charge in [0.1, 0.15) is 0 Å². The van der Waals surface area contributed by atoms with Gasteiger partial charge in [-0.05, 0) is 32.3 Å². The molecule has 0 spiro atoms. The van der Waals surface area contributed by atoms with Gasteiger partial charge in [0.15, 0.2) is 0 Å². The maximum Gasteiger partial charge on any atom is 0.0625 e. The molecule has 0 atom stereocenters. The Kier molecular flexibility index (Phi) is 3.84. The molecule has 1 heterocycles. The molecule has 1 aromatic rings. The van der Waals surface area contributed by atoms with Crippen molar-refractivity contribution in [3.63, 3.8) is 0 Å². The minimum Gasteiger partial charge on any atom is -0.396 e. The molecule has 0 unspecified atom stereocenters. The minimum atomic E-state index is 0.185. The van der Waals surface area contributed by atoms with E-state index in [0.717, 1.165) is 44.6 Å². The second-order valence-electron chi connectivity index (χ2n) is 5.06. The number of nitrogens with one attached hydrogen (secondary N) is 1. The topological polar surface area (TPSA) is 50.1 Å². The van der Waals surface area contributed by atoms with Gasteiger partial charge in [-0.15, -0.1) is 0 Å². The van der Waals surface area contributed by atoms with Crippen molar-refractivity contribution in [2.45, 2.75) is 46.2 Å². The van der Waals surface area contributed by atoms with Crippen LogP contribution in [0.15, 0.2) is 6.07 Å². The molecule has 17 heavy (non-hydrogen) atoms. The summed E-state index contributed by atoms with van der Waals surface area (Å²) in [5, 5.41) is 17.2. The van der Waals surface area contributed by atoms with Crippen LogP contribution in [0.2, 0.25) is 0 Å². The minimum absolute atomic E-state index is 0.185. The smallest absolute Gasteiger partial charge is 0.0625 e. The average Bonchev–Trinajstić information content (AvgIpc) is 3.02. The van der Waals surface area contributed by atoms with E-state index in [0.29, 0.717) is 6.61 Å². The Labute approximate surface area is 103 Å². The largest absolute Gasteiger partial charge is 0.396 e. The molecule has 4 heteroatoms. The highest BCUT2D eigenvalue weighted by molar-refractivity contribution is 5.10. The van der Waals surface area contributed by atoms with E-state index in [9.17, 15) is 5.11 Å². The second-order valence-corrected chi connectivity index (χ2v) is 5.06. The van der Waals surface area contributed by atoms with Crippen LogP contribution < -0.4 is 5.32 Å². The number of aryl methyl sites for hydroxylation is 2.